The first-order valence-electron chi connectivity index (χ1n) is 4.40. The summed E-state index contributed by atoms with van der Waals surface area (Å²) >= 11 is 0. The Morgan fingerprint density at radius 2 is 1.93 bits per heavy atom. The number of benzene rings is 1. The second-order valence-electron chi connectivity index (χ2n) is 3.32. The summed E-state index contributed by atoms with van der Waals surface area (Å²) in [5.74, 6) is 0.171. The molecular formula is C10H15N3O. The van der Waals surface area contributed by atoms with E-state index in [1.54, 1.807) is 0 Å². The minimum atomic E-state index is 0.171. The summed E-state index contributed by atoms with van der Waals surface area (Å²) in [5, 5.41) is 14.3. The van der Waals surface area contributed by atoms with Crippen molar-refractivity contribution < 1.29 is 5.21 Å². The van der Waals surface area contributed by atoms with Gasteiger partial charge in [0, 0.05) is 5.69 Å². The van der Waals surface area contributed by atoms with Crippen molar-refractivity contribution in [1.29, 1.82) is 0 Å². The number of hydrogen-bond acceptors (Lipinski definition) is 3. The monoisotopic (exact) mass is 193 g/mol. The summed E-state index contributed by atoms with van der Waals surface area (Å²) in [6.07, 6.45) is 0. The molecule has 0 fully saturated rings. The van der Waals surface area contributed by atoms with Crippen LogP contribution in [0.3, 0.4) is 0 Å². The molecule has 0 aromatic heterocycles. The number of nitrogens with zero attached hydrogens (tertiary/aromatic N) is 1. The van der Waals surface area contributed by atoms with Crippen molar-refractivity contribution in [2.75, 3.05) is 11.9 Å². The highest BCUT2D eigenvalue weighted by atomic mass is 16.4. The number of anilines is 1. The van der Waals surface area contributed by atoms with E-state index < -0.39 is 0 Å². The van der Waals surface area contributed by atoms with E-state index in [0.717, 1.165) is 5.69 Å². The topological polar surface area (TPSA) is 70.6 Å². The highest BCUT2D eigenvalue weighted by Crippen LogP contribution is 2.12. The van der Waals surface area contributed by atoms with Crippen molar-refractivity contribution in [1.82, 2.24) is 0 Å². The number of aryl methyl sites for hydroxylation is 2. The zero-order chi connectivity index (χ0) is 10.6. The van der Waals surface area contributed by atoms with Crippen molar-refractivity contribution in [3.8, 4) is 0 Å². The van der Waals surface area contributed by atoms with Crippen LogP contribution in [0, 0.1) is 13.8 Å². The minimum Gasteiger partial charge on any atom is -0.409 e. The summed E-state index contributed by atoms with van der Waals surface area (Å²) in [5.41, 5.74) is 8.69. The van der Waals surface area contributed by atoms with Gasteiger partial charge in [0.05, 0.1) is 6.54 Å². The Balaban J connectivity index is 2.67. The summed E-state index contributed by atoms with van der Waals surface area (Å²) in [7, 11) is 0. The third-order valence-corrected chi connectivity index (χ3v) is 1.82. The van der Waals surface area contributed by atoms with Crippen LogP contribution in [0.25, 0.3) is 0 Å². The Bertz CT molecular complexity index is 327. The van der Waals surface area contributed by atoms with Crippen molar-refractivity contribution in [3.05, 3.63) is 29.3 Å². The van der Waals surface area contributed by atoms with Gasteiger partial charge in [-0.3, -0.25) is 0 Å². The predicted octanol–water partition coefficient (Wildman–Crippen LogP) is 1.46. The second-order valence-corrected chi connectivity index (χ2v) is 3.32. The van der Waals surface area contributed by atoms with Crippen LogP contribution in [0.2, 0.25) is 0 Å². The molecule has 0 aliphatic carbocycles. The minimum absolute atomic E-state index is 0.171. The molecular weight excluding hydrogens is 178 g/mol. The fourth-order valence-corrected chi connectivity index (χ4v) is 1.30. The number of oxime groups is 1. The van der Waals surface area contributed by atoms with Crippen LogP contribution < -0.4 is 11.1 Å². The average molecular weight is 193 g/mol. The summed E-state index contributed by atoms with van der Waals surface area (Å²) in [4.78, 5) is 0. The van der Waals surface area contributed by atoms with Gasteiger partial charge in [0.25, 0.3) is 0 Å². The van der Waals surface area contributed by atoms with Crippen molar-refractivity contribution in [3.63, 3.8) is 0 Å². The lowest BCUT2D eigenvalue weighted by molar-refractivity contribution is 0.317. The highest BCUT2D eigenvalue weighted by Gasteiger charge is 1.96. The zero-order valence-electron chi connectivity index (χ0n) is 8.41. The lowest BCUT2D eigenvalue weighted by atomic mass is 10.1. The molecule has 0 heterocycles. The smallest absolute Gasteiger partial charge is 0.158 e. The molecule has 1 aromatic carbocycles. The third kappa shape index (κ3) is 2.97. The number of rotatable bonds is 3. The van der Waals surface area contributed by atoms with Crippen LogP contribution in [-0.4, -0.2) is 17.6 Å². The molecule has 0 saturated carbocycles. The van der Waals surface area contributed by atoms with Crippen LogP contribution in [-0.2, 0) is 0 Å². The molecule has 14 heavy (non-hydrogen) atoms. The zero-order valence-corrected chi connectivity index (χ0v) is 8.41. The van der Waals surface area contributed by atoms with E-state index in [-0.39, 0.29) is 5.84 Å². The molecule has 0 saturated heterocycles. The maximum absolute atomic E-state index is 8.34. The van der Waals surface area contributed by atoms with Crippen LogP contribution in [0.5, 0.6) is 0 Å². The Morgan fingerprint density at radius 3 is 2.43 bits per heavy atom. The van der Waals surface area contributed by atoms with Gasteiger partial charge in [0.15, 0.2) is 5.84 Å². The molecule has 0 aliphatic rings. The molecule has 0 spiro atoms. The Kier molecular flexibility index (Phi) is 3.34. The fraction of sp³-hybridized carbons (Fsp3) is 0.300. The van der Waals surface area contributed by atoms with E-state index in [2.05, 4.69) is 16.5 Å². The van der Waals surface area contributed by atoms with E-state index >= 15 is 0 Å². The molecule has 1 aromatic rings. The predicted molar refractivity (Wildman–Crippen MR) is 57.8 cm³/mol. The average Bonchev–Trinajstić information content (AvgIpc) is 2.12. The standard InChI is InChI=1S/C10H15N3O/c1-7-3-8(2)5-9(4-7)12-6-10(11)13-14/h3-5,12,14H,6H2,1-2H3,(H2,11,13). The van der Waals surface area contributed by atoms with Gasteiger partial charge in [-0.2, -0.15) is 0 Å². The van der Waals surface area contributed by atoms with Crippen molar-refractivity contribution >= 4 is 11.5 Å². The largest absolute Gasteiger partial charge is 0.409 e. The molecule has 0 unspecified atom stereocenters. The van der Waals surface area contributed by atoms with E-state index in [4.69, 9.17) is 10.9 Å². The Labute approximate surface area is 83.4 Å². The van der Waals surface area contributed by atoms with Gasteiger partial charge in [-0.25, -0.2) is 0 Å². The van der Waals surface area contributed by atoms with Crippen LogP contribution >= 0.6 is 0 Å². The molecule has 0 radical (unpaired) electrons. The molecule has 0 aliphatic heterocycles. The number of nitrogens with one attached hydrogen (secondary N) is 1. The molecule has 4 nitrogen and oxygen atoms in total. The Hall–Kier alpha value is -1.71. The van der Waals surface area contributed by atoms with E-state index in [9.17, 15) is 0 Å². The lowest BCUT2D eigenvalue weighted by Gasteiger charge is -2.07. The van der Waals surface area contributed by atoms with Gasteiger partial charge < -0.3 is 16.3 Å². The maximum Gasteiger partial charge on any atom is 0.158 e. The normalized spacial score (nSPS) is 11.4. The van der Waals surface area contributed by atoms with Gasteiger partial charge in [0.2, 0.25) is 0 Å². The fourth-order valence-electron chi connectivity index (χ4n) is 1.30. The molecule has 76 valence electrons. The summed E-state index contributed by atoms with van der Waals surface area (Å²) in [6, 6.07) is 6.12. The summed E-state index contributed by atoms with van der Waals surface area (Å²) < 4.78 is 0. The van der Waals surface area contributed by atoms with Gasteiger partial charge in [0.1, 0.15) is 0 Å². The van der Waals surface area contributed by atoms with Crippen molar-refractivity contribution in [2.45, 2.75) is 13.8 Å². The molecule has 0 bridgehead atoms. The van der Waals surface area contributed by atoms with Gasteiger partial charge in [-0.1, -0.05) is 11.2 Å². The maximum atomic E-state index is 8.34. The third-order valence-electron chi connectivity index (χ3n) is 1.82. The number of nitrogens with two attached hydrogens (primary N) is 1. The summed E-state index contributed by atoms with van der Waals surface area (Å²) in [6.45, 7) is 4.41. The second kappa shape index (κ2) is 4.50. The molecule has 4 heteroatoms. The quantitative estimate of drug-likeness (QED) is 0.294. The Morgan fingerprint density at radius 1 is 1.36 bits per heavy atom. The van der Waals surface area contributed by atoms with E-state index in [0.29, 0.717) is 6.54 Å². The van der Waals surface area contributed by atoms with Crippen LogP contribution in [0.4, 0.5) is 5.69 Å². The van der Waals surface area contributed by atoms with E-state index in [1.165, 1.54) is 11.1 Å². The first-order chi connectivity index (χ1) is 6.61. The molecule has 0 amide bonds. The SMILES string of the molecule is Cc1cc(C)cc(NC/C(N)=N/O)c1. The first-order valence-corrected chi connectivity index (χ1v) is 4.40. The molecule has 1 rings (SSSR count). The highest BCUT2D eigenvalue weighted by molar-refractivity contribution is 5.84. The lowest BCUT2D eigenvalue weighted by Crippen LogP contribution is -2.22. The van der Waals surface area contributed by atoms with Crippen molar-refractivity contribution in [2.24, 2.45) is 10.9 Å². The van der Waals surface area contributed by atoms with Crippen LogP contribution in [0.1, 0.15) is 11.1 Å². The number of amidine groups is 1. The number of hydrogen-bond donors (Lipinski definition) is 3. The first kappa shape index (κ1) is 10.4. The van der Waals surface area contributed by atoms with Gasteiger partial charge in [-0.15, -0.1) is 0 Å². The molecule has 0 atom stereocenters. The van der Waals surface area contributed by atoms with Gasteiger partial charge >= 0.3 is 0 Å². The van der Waals surface area contributed by atoms with E-state index in [1.807, 2.05) is 26.0 Å². The molecule has 4 N–H and O–H groups in total. The van der Waals surface area contributed by atoms with Gasteiger partial charge in [-0.05, 0) is 37.1 Å². The van der Waals surface area contributed by atoms with Crippen LogP contribution in [0.15, 0.2) is 23.4 Å².